The zero-order chi connectivity index (χ0) is 16.5. The lowest BCUT2D eigenvalue weighted by atomic mass is 10.3. The number of nitrogens with zero attached hydrogens (tertiary/aromatic N) is 4. The molecule has 0 unspecified atom stereocenters. The monoisotopic (exact) mass is 339 g/mol. The van der Waals surface area contributed by atoms with Crippen molar-refractivity contribution in [2.24, 2.45) is 0 Å². The van der Waals surface area contributed by atoms with Crippen LogP contribution in [0.2, 0.25) is 0 Å². The summed E-state index contributed by atoms with van der Waals surface area (Å²) in [7, 11) is 0. The Kier molecular flexibility index (Phi) is 3.58. The molecule has 1 amide bonds. The minimum absolute atomic E-state index is 0.144. The Morgan fingerprint density at radius 1 is 1.33 bits per heavy atom. The highest BCUT2D eigenvalue weighted by molar-refractivity contribution is 7.14. The van der Waals surface area contributed by atoms with Gasteiger partial charge < -0.3 is 14.4 Å². The lowest BCUT2D eigenvalue weighted by Gasteiger charge is -2.06. The van der Waals surface area contributed by atoms with Crippen LogP contribution in [0.5, 0.6) is 0 Å². The number of amides is 1. The zero-order valence-electron chi connectivity index (χ0n) is 12.8. The quantitative estimate of drug-likeness (QED) is 0.617. The number of benzene rings is 1. The van der Waals surface area contributed by atoms with Gasteiger partial charge in [-0.3, -0.25) is 4.79 Å². The second-order valence-electron chi connectivity index (χ2n) is 5.22. The summed E-state index contributed by atoms with van der Waals surface area (Å²) in [6.45, 7) is 1.93. The van der Waals surface area contributed by atoms with Crippen LogP contribution in [0.25, 0.3) is 21.8 Å². The molecule has 0 bridgehead atoms. The van der Waals surface area contributed by atoms with Gasteiger partial charge in [0.15, 0.2) is 5.82 Å². The molecule has 8 heteroatoms. The summed E-state index contributed by atoms with van der Waals surface area (Å²) in [6, 6.07) is 9.52. The van der Waals surface area contributed by atoms with Crippen LogP contribution in [0.1, 0.15) is 5.82 Å². The molecule has 3 aromatic heterocycles. The van der Waals surface area contributed by atoms with E-state index in [-0.39, 0.29) is 12.5 Å². The first-order chi connectivity index (χ1) is 11.7. The summed E-state index contributed by atoms with van der Waals surface area (Å²) in [5.74, 6) is 0.820. The molecule has 1 aromatic carbocycles. The first-order valence-electron chi connectivity index (χ1n) is 7.28. The number of anilines is 1. The molecule has 0 aliphatic heterocycles. The Morgan fingerprint density at radius 3 is 3.04 bits per heavy atom. The maximum absolute atomic E-state index is 12.4. The standard InChI is InChI=1S/C16H13N5O2S/c1-10-18-16(23-20-10)15-12(6-7-24-15)19-14(22)8-21-9-17-11-4-2-3-5-13(11)21/h2-7,9H,8H2,1H3,(H,19,22). The molecule has 3 heterocycles. The minimum Gasteiger partial charge on any atom is -0.333 e. The molecule has 0 radical (unpaired) electrons. The number of carbonyl (C=O) groups is 1. The van der Waals surface area contributed by atoms with E-state index in [4.69, 9.17) is 4.52 Å². The number of para-hydroxylation sites is 2. The van der Waals surface area contributed by atoms with E-state index in [0.29, 0.717) is 17.4 Å². The number of rotatable bonds is 4. The van der Waals surface area contributed by atoms with Gasteiger partial charge in [0.1, 0.15) is 11.4 Å². The first kappa shape index (κ1) is 14.6. The van der Waals surface area contributed by atoms with Crippen LogP contribution in [0, 0.1) is 6.92 Å². The van der Waals surface area contributed by atoms with Crippen molar-refractivity contribution in [3.63, 3.8) is 0 Å². The lowest BCUT2D eigenvalue weighted by molar-refractivity contribution is -0.116. The average Bonchev–Trinajstić information content (AvgIpc) is 3.28. The van der Waals surface area contributed by atoms with Crippen LogP contribution in [0.15, 0.2) is 46.6 Å². The second-order valence-corrected chi connectivity index (χ2v) is 6.14. The van der Waals surface area contributed by atoms with Crippen molar-refractivity contribution in [3.8, 4) is 10.8 Å². The van der Waals surface area contributed by atoms with Gasteiger partial charge in [0, 0.05) is 0 Å². The van der Waals surface area contributed by atoms with Crippen molar-refractivity contribution in [1.82, 2.24) is 19.7 Å². The third-order valence-corrected chi connectivity index (χ3v) is 4.40. The molecule has 0 aliphatic rings. The highest BCUT2D eigenvalue weighted by atomic mass is 32.1. The van der Waals surface area contributed by atoms with Gasteiger partial charge >= 0.3 is 0 Å². The largest absolute Gasteiger partial charge is 0.333 e. The van der Waals surface area contributed by atoms with Crippen LogP contribution in [0.4, 0.5) is 5.69 Å². The van der Waals surface area contributed by atoms with Crippen LogP contribution in [0.3, 0.4) is 0 Å². The number of nitrogens with one attached hydrogen (secondary N) is 1. The number of hydrogen-bond acceptors (Lipinski definition) is 6. The van der Waals surface area contributed by atoms with Crippen LogP contribution >= 0.6 is 11.3 Å². The minimum atomic E-state index is -0.144. The van der Waals surface area contributed by atoms with Gasteiger partial charge in [-0.25, -0.2) is 4.98 Å². The predicted molar refractivity (Wildman–Crippen MR) is 90.7 cm³/mol. The number of aromatic nitrogens is 4. The van der Waals surface area contributed by atoms with Crippen LogP contribution in [-0.2, 0) is 11.3 Å². The van der Waals surface area contributed by atoms with Crippen molar-refractivity contribution in [3.05, 3.63) is 47.9 Å². The van der Waals surface area contributed by atoms with Crippen molar-refractivity contribution in [2.75, 3.05) is 5.32 Å². The summed E-state index contributed by atoms with van der Waals surface area (Å²) in [6.07, 6.45) is 1.67. The second kappa shape index (κ2) is 5.89. The Morgan fingerprint density at radius 2 is 2.21 bits per heavy atom. The third kappa shape index (κ3) is 2.67. The molecule has 4 aromatic rings. The Bertz CT molecular complexity index is 1020. The Balaban J connectivity index is 1.54. The van der Waals surface area contributed by atoms with Gasteiger partial charge in [-0.05, 0) is 30.5 Å². The van der Waals surface area contributed by atoms with Crippen molar-refractivity contribution in [1.29, 1.82) is 0 Å². The van der Waals surface area contributed by atoms with Gasteiger partial charge in [-0.2, -0.15) is 4.98 Å². The summed E-state index contributed by atoms with van der Waals surface area (Å²) >= 11 is 1.44. The van der Waals surface area contributed by atoms with Gasteiger partial charge in [0.05, 0.1) is 23.0 Å². The molecular weight excluding hydrogens is 326 g/mol. The molecule has 0 saturated heterocycles. The summed E-state index contributed by atoms with van der Waals surface area (Å²) in [5, 5.41) is 8.55. The van der Waals surface area contributed by atoms with Crippen molar-refractivity contribution >= 4 is 34.0 Å². The number of thiophene rings is 1. The van der Waals surface area contributed by atoms with E-state index in [1.165, 1.54) is 11.3 Å². The molecule has 0 atom stereocenters. The number of hydrogen-bond donors (Lipinski definition) is 1. The number of fused-ring (bicyclic) bond motifs is 1. The molecule has 0 fully saturated rings. The predicted octanol–water partition coefficient (Wildman–Crippen LogP) is 3.09. The van der Waals surface area contributed by atoms with E-state index in [1.54, 1.807) is 13.3 Å². The van der Waals surface area contributed by atoms with E-state index in [0.717, 1.165) is 15.9 Å². The Labute approximate surface area is 140 Å². The van der Waals surface area contributed by atoms with Crippen LogP contribution in [-0.4, -0.2) is 25.6 Å². The van der Waals surface area contributed by atoms with E-state index in [9.17, 15) is 4.79 Å². The topological polar surface area (TPSA) is 85.8 Å². The number of carbonyl (C=O) groups excluding carboxylic acids is 1. The van der Waals surface area contributed by atoms with E-state index in [1.807, 2.05) is 40.3 Å². The fraction of sp³-hybridized carbons (Fsp3) is 0.125. The highest BCUT2D eigenvalue weighted by Crippen LogP contribution is 2.32. The smallest absolute Gasteiger partial charge is 0.270 e. The SMILES string of the molecule is Cc1noc(-c2sccc2NC(=O)Cn2cnc3ccccc32)n1. The molecule has 1 N–H and O–H groups in total. The molecule has 4 rings (SSSR count). The molecular formula is C16H13N5O2S. The fourth-order valence-corrected chi connectivity index (χ4v) is 3.21. The maximum atomic E-state index is 12.4. The van der Waals surface area contributed by atoms with Crippen molar-refractivity contribution < 1.29 is 9.32 Å². The molecule has 0 saturated carbocycles. The van der Waals surface area contributed by atoms with E-state index < -0.39 is 0 Å². The first-order valence-corrected chi connectivity index (χ1v) is 8.16. The molecule has 120 valence electrons. The zero-order valence-corrected chi connectivity index (χ0v) is 13.6. The van der Waals surface area contributed by atoms with E-state index >= 15 is 0 Å². The molecule has 7 nitrogen and oxygen atoms in total. The summed E-state index contributed by atoms with van der Waals surface area (Å²) in [5.41, 5.74) is 2.45. The van der Waals surface area contributed by atoms with Gasteiger partial charge in [0.25, 0.3) is 5.89 Å². The summed E-state index contributed by atoms with van der Waals surface area (Å²) < 4.78 is 6.99. The third-order valence-electron chi connectivity index (χ3n) is 3.50. The normalized spacial score (nSPS) is 11.0. The van der Waals surface area contributed by atoms with Crippen molar-refractivity contribution in [2.45, 2.75) is 13.5 Å². The number of aryl methyl sites for hydroxylation is 1. The molecule has 24 heavy (non-hydrogen) atoms. The summed E-state index contributed by atoms with van der Waals surface area (Å²) in [4.78, 5) is 21.6. The molecule has 0 spiro atoms. The van der Waals surface area contributed by atoms with Gasteiger partial charge in [-0.1, -0.05) is 17.3 Å². The fourth-order valence-electron chi connectivity index (χ4n) is 2.44. The lowest BCUT2D eigenvalue weighted by Crippen LogP contribution is -2.18. The van der Waals surface area contributed by atoms with Gasteiger partial charge in [0.2, 0.25) is 5.91 Å². The van der Waals surface area contributed by atoms with Crippen LogP contribution < -0.4 is 5.32 Å². The highest BCUT2D eigenvalue weighted by Gasteiger charge is 2.16. The van der Waals surface area contributed by atoms with Gasteiger partial charge in [-0.15, -0.1) is 11.3 Å². The maximum Gasteiger partial charge on any atom is 0.270 e. The van der Waals surface area contributed by atoms with E-state index in [2.05, 4.69) is 20.4 Å². The molecule has 0 aliphatic carbocycles. The average molecular weight is 339 g/mol. The number of imidazole rings is 1. The Hall–Kier alpha value is -3.00.